The number of ether oxygens (including phenoxy) is 1. The number of anilines is 3. The van der Waals surface area contributed by atoms with Crippen molar-refractivity contribution in [3.05, 3.63) is 60.8 Å². The number of unbranched alkanes of at least 4 members (excludes halogenated alkanes) is 1. The lowest BCUT2D eigenvalue weighted by atomic mass is 9.99. The third-order valence-corrected chi connectivity index (χ3v) is 4.60. The fraction of sp³-hybridized carbons (Fsp3) is 0.182. The number of pyridine rings is 1. The lowest BCUT2D eigenvalue weighted by Gasteiger charge is -2.15. The number of fused-ring (bicyclic) bond motifs is 1. The van der Waals surface area contributed by atoms with Crippen molar-refractivity contribution in [3.8, 4) is 16.9 Å². The predicted octanol–water partition coefficient (Wildman–Crippen LogP) is 5.13. The second-order valence-electron chi connectivity index (χ2n) is 6.59. The Labute approximate surface area is 163 Å². The summed E-state index contributed by atoms with van der Waals surface area (Å²) in [5.41, 5.74) is 8.25. The summed E-state index contributed by atoms with van der Waals surface area (Å²) in [7, 11) is 0. The largest absolute Gasteiger partial charge is 0.494 e. The number of aromatic amines is 1. The third kappa shape index (κ3) is 3.62. The zero-order valence-electron chi connectivity index (χ0n) is 15.8. The minimum Gasteiger partial charge on any atom is -0.494 e. The zero-order valence-corrected chi connectivity index (χ0v) is 15.8. The van der Waals surface area contributed by atoms with Crippen molar-refractivity contribution >= 4 is 28.2 Å². The number of benzene rings is 2. The van der Waals surface area contributed by atoms with Crippen LogP contribution in [-0.4, -0.2) is 21.8 Å². The SMILES string of the molecule is CCCCOc1ccc(-c2c(Nc3ccn[nH]3)nc(N)c3ccccc23)cc1. The van der Waals surface area contributed by atoms with Gasteiger partial charge in [0.15, 0.2) is 0 Å². The number of nitrogens with two attached hydrogens (primary N) is 1. The maximum Gasteiger partial charge on any atom is 0.142 e. The van der Waals surface area contributed by atoms with Gasteiger partial charge in [-0.2, -0.15) is 5.10 Å². The van der Waals surface area contributed by atoms with Crippen molar-refractivity contribution < 1.29 is 4.74 Å². The minimum atomic E-state index is 0.487. The summed E-state index contributed by atoms with van der Waals surface area (Å²) >= 11 is 0. The quantitative estimate of drug-likeness (QED) is 0.391. The van der Waals surface area contributed by atoms with Gasteiger partial charge in [0.05, 0.1) is 12.8 Å². The van der Waals surface area contributed by atoms with Crippen LogP contribution in [0.5, 0.6) is 5.75 Å². The van der Waals surface area contributed by atoms with Gasteiger partial charge in [-0.15, -0.1) is 0 Å². The van der Waals surface area contributed by atoms with E-state index in [1.165, 1.54) is 0 Å². The summed E-state index contributed by atoms with van der Waals surface area (Å²) in [6, 6.07) is 18.0. The summed E-state index contributed by atoms with van der Waals surface area (Å²) in [5.74, 6) is 2.79. The first kappa shape index (κ1) is 17.9. The Morgan fingerprint density at radius 1 is 1.04 bits per heavy atom. The van der Waals surface area contributed by atoms with E-state index in [0.29, 0.717) is 11.6 Å². The highest BCUT2D eigenvalue weighted by molar-refractivity contribution is 6.06. The van der Waals surface area contributed by atoms with Crippen molar-refractivity contribution in [1.29, 1.82) is 0 Å². The van der Waals surface area contributed by atoms with Gasteiger partial charge in [0, 0.05) is 17.0 Å². The molecule has 6 nitrogen and oxygen atoms in total. The lowest BCUT2D eigenvalue weighted by Crippen LogP contribution is -2.02. The van der Waals surface area contributed by atoms with Gasteiger partial charge in [0.25, 0.3) is 0 Å². The van der Waals surface area contributed by atoms with Crippen LogP contribution in [0.25, 0.3) is 21.9 Å². The molecule has 0 atom stereocenters. The van der Waals surface area contributed by atoms with Crippen LogP contribution in [0.15, 0.2) is 60.8 Å². The first-order chi connectivity index (χ1) is 13.8. The van der Waals surface area contributed by atoms with Crippen molar-refractivity contribution in [2.75, 3.05) is 17.7 Å². The van der Waals surface area contributed by atoms with E-state index in [2.05, 4.69) is 45.6 Å². The molecule has 0 fully saturated rings. The average Bonchev–Trinajstić information content (AvgIpc) is 3.22. The van der Waals surface area contributed by atoms with Crippen LogP contribution >= 0.6 is 0 Å². The van der Waals surface area contributed by atoms with E-state index >= 15 is 0 Å². The van der Waals surface area contributed by atoms with E-state index in [4.69, 9.17) is 10.5 Å². The topological polar surface area (TPSA) is 88.8 Å². The van der Waals surface area contributed by atoms with Crippen LogP contribution in [0, 0.1) is 0 Å². The van der Waals surface area contributed by atoms with Gasteiger partial charge in [-0.25, -0.2) is 4.98 Å². The fourth-order valence-electron chi connectivity index (χ4n) is 3.18. The second kappa shape index (κ2) is 8.00. The van der Waals surface area contributed by atoms with E-state index in [1.54, 1.807) is 6.20 Å². The molecule has 0 amide bonds. The van der Waals surface area contributed by atoms with Gasteiger partial charge < -0.3 is 15.8 Å². The maximum atomic E-state index is 6.23. The van der Waals surface area contributed by atoms with Crippen molar-refractivity contribution in [2.45, 2.75) is 19.8 Å². The second-order valence-corrected chi connectivity index (χ2v) is 6.59. The fourth-order valence-corrected chi connectivity index (χ4v) is 3.18. The Kier molecular flexibility index (Phi) is 5.10. The molecule has 28 heavy (non-hydrogen) atoms. The molecule has 0 unspecified atom stereocenters. The molecule has 0 saturated carbocycles. The highest BCUT2D eigenvalue weighted by Gasteiger charge is 2.15. The maximum absolute atomic E-state index is 6.23. The molecule has 2 heterocycles. The number of hydrogen-bond donors (Lipinski definition) is 3. The number of H-pyrrole nitrogens is 1. The standard InChI is InChI=1S/C22H23N5O/c1-2-3-14-28-16-10-8-15(9-11-16)20-17-6-4-5-7-18(17)21(23)26-22(20)25-19-12-13-24-27-19/h4-13H,2-3,14H2,1H3,(H4,23,24,25,26,27). The molecule has 6 heteroatoms. The molecule has 4 N–H and O–H groups in total. The van der Waals surface area contributed by atoms with E-state index in [-0.39, 0.29) is 0 Å². The van der Waals surface area contributed by atoms with Crippen molar-refractivity contribution in [1.82, 2.24) is 15.2 Å². The molecule has 4 rings (SSSR count). The molecular formula is C22H23N5O. The normalized spacial score (nSPS) is 10.9. The minimum absolute atomic E-state index is 0.487. The third-order valence-electron chi connectivity index (χ3n) is 4.60. The summed E-state index contributed by atoms with van der Waals surface area (Å²) in [4.78, 5) is 4.62. The first-order valence-electron chi connectivity index (χ1n) is 9.44. The van der Waals surface area contributed by atoms with Gasteiger partial charge >= 0.3 is 0 Å². The Bertz CT molecular complexity index is 1060. The average molecular weight is 373 g/mol. The van der Waals surface area contributed by atoms with E-state index < -0.39 is 0 Å². The highest BCUT2D eigenvalue weighted by atomic mass is 16.5. The summed E-state index contributed by atoms with van der Waals surface area (Å²) < 4.78 is 5.79. The molecule has 0 saturated heterocycles. The van der Waals surface area contributed by atoms with E-state index in [0.717, 1.165) is 52.9 Å². The Morgan fingerprint density at radius 2 is 1.82 bits per heavy atom. The highest BCUT2D eigenvalue weighted by Crippen LogP contribution is 2.38. The number of nitrogen functional groups attached to an aromatic ring is 1. The lowest BCUT2D eigenvalue weighted by molar-refractivity contribution is 0.309. The predicted molar refractivity (Wildman–Crippen MR) is 114 cm³/mol. The summed E-state index contributed by atoms with van der Waals surface area (Å²) in [6.45, 7) is 2.88. The van der Waals surface area contributed by atoms with Crippen LogP contribution in [0.4, 0.5) is 17.5 Å². The first-order valence-corrected chi connectivity index (χ1v) is 9.44. The monoisotopic (exact) mass is 373 g/mol. The summed E-state index contributed by atoms with van der Waals surface area (Å²) in [5, 5.41) is 12.2. The Balaban J connectivity index is 1.78. The molecular weight excluding hydrogens is 350 g/mol. The number of rotatable bonds is 7. The molecule has 0 spiro atoms. The smallest absolute Gasteiger partial charge is 0.142 e. The van der Waals surface area contributed by atoms with Gasteiger partial charge in [-0.05, 0) is 29.5 Å². The van der Waals surface area contributed by atoms with Gasteiger partial charge in [0.2, 0.25) is 0 Å². The Hall–Kier alpha value is -3.54. The van der Waals surface area contributed by atoms with Crippen LogP contribution in [-0.2, 0) is 0 Å². The molecule has 4 aromatic rings. The molecule has 0 radical (unpaired) electrons. The van der Waals surface area contributed by atoms with Crippen LogP contribution in [0.1, 0.15) is 19.8 Å². The molecule has 0 aliphatic heterocycles. The molecule has 0 aliphatic rings. The molecule has 0 aliphatic carbocycles. The number of nitrogens with one attached hydrogen (secondary N) is 2. The van der Waals surface area contributed by atoms with Gasteiger partial charge in [-0.3, -0.25) is 5.10 Å². The van der Waals surface area contributed by atoms with E-state index in [9.17, 15) is 0 Å². The van der Waals surface area contributed by atoms with Gasteiger partial charge in [-0.1, -0.05) is 49.7 Å². The molecule has 2 aromatic heterocycles. The zero-order chi connectivity index (χ0) is 19.3. The molecule has 0 bridgehead atoms. The van der Waals surface area contributed by atoms with E-state index in [1.807, 2.05) is 36.4 Å². The summed E-state index contributed by atoms with van der Waals surface area (Å²) in [6.07, 6.45) is 3.85. The number of nitrogens with zero attached hydrogens (tertiary/aromatic N) is 2. The van der Waals surface area contributed by atoms with Crippen LogP contribution < -0.4 is 15.8 Å². The number of aromatic nitrogens is 3. The van der Waals surface area contributed by atoms with Gasteiger partial charge in [0.1, 0.15) is 23.2 Å². The Morgan fingerprint density at radius 3 is 2.54 bits per heavy atom. The molecule has 2 aromatic carbocycles. The van der Waals surface area contributed by atoms with Crippen molar-refractivity contribution in [2.24, 2.45) is 0 Å². The van der Waals surface area contributed by atoms with Crippen molar-refractivity contribution in [3.63, 3.8) is 0 Å². The van der Waals surface area contributed by atoms with Crippen LogP contribution in [0.2, 0.25) is 0 Å². The number of hydrogen-bond acceptors (Lipinski definition) is 5. The van der Waals surface area contributed by atoms with Crippen LogP contribution in [0.3, 0.4) is 0 Å². The molecule has 142 valence electrons.